The number of nitrogens with zero attached hydrogens (tertiary/aromatic N) is 3. The van der Waals surface area contributed by atoms with Crippen molar-refractivity contribution in [1.29, 1.82) is 0 Å². The molecule has 5 nitrogen and oxygen atoms in total. The van der Waals surface area contributed by atoms with Crippen molar-refractivity contribution in [1.82, 2.24) is 19.9 Å². The lowest BCUT2D eigenvalue weighted by molar-refractivity contribution is -0.123. The molecule has 1 aliphatic rings. The molecule has 4 rings (SSSR count). The smallest absolute Gasteiger partial charge is 0.230 e. The molecule has 1 aromatic carbocycles. The van der Waals surface area contributed by atoms with Gasteiger partial charge < -0.3 is 5.32 Å². The number of aryl methyl sites for hydroxylation is 2. The number of aromatic nitrogens is 3. The third kappa shape index (κ3) is 2.90. The van der Waals surface area contributed by atoms with Crippen molar-refractivity contribution < 1.29 is 4.79 Å². The van der Waals surface area contributed by atoms with Crippen LogP contribution in [0.3, 0.4) is 0 Å². The number of carbonyl (C=O) groups excluding carboxylic acids is 1. The Hall–Kier alpha value is -2.95. The van der Waals surface area contributed by atoms with E-state index in [9.17, 15) is 4.79 Å². The summed E-state index contributed by atoms with van der Waals surface area (Å²) in [6.45, 7) is 4.45. The molecule has 0 atom stereocenters. The van der Waals surface area contributed by atoms with Gasteiger partial charge in [-0.2, -0.15) is 0 Å². The summed E-state index contributed by atoms with van der Waals surface area (Å²) in [5.41, 5.74) is 2.92. The van der Waals surface area contributed by atoms with E-state index in [2.05, 4.69) is 40.4 Å². The van der Waals surface area contributed by atoms with E-state index in [1.807, 2.05) is 35.9 Å². The van der Waals surface area contributed by atoms with Crippen LogP contribution in [0.1, 0.15) is 35.4 Å². The quantitative estimate of drug-likeness (QED) is 0.771. The Bertz CT molecular complexity index is 956. The van der Waals surface area contributed by atoms with Gasteiger partial charge in [0.25, 0.3) is 0 Å². The highest BCUT2D eigenvalue weighted by Gasteiger charge is 2.51. The topological polar surface area (TPSA) is 59.8 Å². The Balaban J connectivity index is 1.54. The average molecular weight is 346 g/mol. The van der Waals surface area contributed by atoms with Crippen molar-refractivity contribution in [2.24, 2.45) is 0 Å². The fourth-order valence-corrected chi connectivity index (χ4v) is 3.45. The minimum absolute atomic E-state index is 0.0975. The molecule has 3 aromatic rings. The molecule has 2 heterocycles. The molecular weight excluding hydrogens is 324 g/mol. The van der Waals surface area contributed by atoms with Gasteiger partial charge in [-0.25, -0.2) is 9.97 Å². The van der Waals surface area contributed by atoms with Gasteiger partial charge in [-0.1, -0.05) is 35.9 Å². The first-order valence-corrected chi connectivity index (χ1v) is 8.90. The number of benzene rings is 1. The minimum atomic E-state index is -0.362. The third-order valence-corrected chi connectivity index (χ3v) is 5.12. The van der Waals surface area contributed by atoms with E-state index < -0.39 is 0 Å². The van der Waals surface area contributed by atoms with E-state index in [0.29, 0.717) is 6.54 Å². The second-order valence-corrected chi connectivity index (χ2v) is 6.96. The standard InChI is InChI=1S/C21H22N4O/c1-15-5-3-7-18(13-15)21(8-9-21)20(26)24-14-17-6-4-10-23-19(17)25-12-11-22-16(25)2/h3-7,10-13H,8-9,14H2,1-2H3,(H,24,26). The minimum Gasteiger partial charge on any atom is -0.351 e. The Labute approximate surface area is 153 Å². The Morgan fingerprint density at radius 3 is 2.69 bits per heavy atom. The summed E-state index contributed by atoms with van der Waals surface area (Å²) in [4.78, 5) is 21.7. The zero-order valence-electron chi connectivity index (χ0n) is 15.1. The molecule has 1 saturated carbocycles. The first kappa shape index (κ1) is 16.5. The fraction of sp³-hybridized carbons (Fsp3) is 0.286. The summed E-state index contributed by atoms with van der Waals surface area (Å²) in [5.74, 6) is 1.78. The summed E-state index contributed by atoms with van der Waals surface area (Å²) in [7, 11) is 0. The second-order valence-electron chi connectivity index (χ2n) is 6.96. The molecule has 2 aromatic heterocycles. The van der Waals surface area contributed by atoms with Gasteiger partial charge in [0.2, 0.25) is 5.91 Å². The Morgan fingerprint density at radius 2 is 2.00 bits per heavy atom. The van der Waals surface area contributed by atoms with Crippen LogP contribution in [0.2, 0.25) is 0 Å². The maximum atomic E-state index is 12.9. The van der Waals surface area contributed by atoms with Crippen molar-refractivity contribution in [2.75, 3.05) is 0 Å². The lowest BCUT2D eigenvalue weighted by Gasteiger charge is -2.17. The lowest BCUT2D eigenvalue weighted by Crippen LogP contribution is -2.34. The van der Waals surface area contributed by atoms with Crippen LogP contribution in [0.4, 0.5) is 0 Å². The fourth-order valence-electron chi connectivity index (χ4n) is 3.45. The highest BCUT2D eigenvalue weighted by atomic mass is 16.2. The number of hydrogen-bond donors (Lipinski definition) is 1. The maximum absolute atomic E-state index is 12.9. The van der Waals surface area contributed by atoms with E-state index in [4.69, 9.17) is 0 Å². The summed E-state index contributed by atoms with van der Waals surface area (Å²) in [6.07, 6.45) is 7.21. The van der Waals surface area contributed by atoms with Crippen LogP contribution in [0, 0.1) is 13.8 Å². The molecular formula is C21H22N4O. The van der Waals surface area contributed by atoms with Gasteiger partial charge in [-0.3, -0.25) is 9.36 Å². The van der Waals surface area contributed by atoms with Crippen LogP contribution >= 0.6 is 0 Å². The summed E-state index contributed by atoms with van der Waals surface area (Å²) >= 11 is 0. The first-order chi connectivity index (χ1) is 12.6. The van der Waals surface area contributed by atoms with Crippen molar-refractivity contribution in [3.63, 3.8) is 0 Å². The maximum Gasteiger partial charge on any atom is 0.230 e. The van der Waals surface area contributed by atoms with Crippen molar-refractivity contribution >= 4 is 5.91 Å². The van der Waals surface area contributed by atoms with Crippen LogP contribution in [-0.2, 0) is 16.8 Å². The molecule has 0 unspecified atom stereocenters. The third-order valence-electron chi connectivity index (χ3n) is 5.12. The number of hydrogen-bond acceptors (Lipinski definition) is 3. The monoisotopic (exact) mass is 346 g/mol. The predicted molar refractivity (Wildman–Crippen MR) is 100 cm³/mol. The molecule has 1 amide bonds. The first-order valence-electron chi connectivity index (χ1n) is 8.90. The molecule has 132 valence electrons. The van der Waals surface area contributed by atoms with Gasteiger partial charge in [0.1, 0.15) is 11.6 Å². The molecule has 0 aliphatic heterocycles. The van der Waals surface area contributed by atoms with Gasteiger partial charge in [-0.15, -0.1) is 0 Å². The SMILES string of the molecule is Cc1cccc(C2(C(=O)NCc3cccnc3-n3ccnc3C)CC2)c1. The molecule has 5 heteroatoms. The zero-order chi connectivity index (χ0) is 18.1. The highest BCUT2D eigenvalue weighted by molar-refractivity contribution is 5.91. The van der Waals surface area contributed by atoms with Gasteiger partial charge >= 0.3 is 0 Å². The average Bonchev–Trinajstić information content (AvgIpc) is 3.36. The molecule has 0 radical (unpaired) electrons. The number of pyridine rings is 1. The second kappa shape index (κ2) is 6.41. The molecule has 26 heavy (non-hydrogen) atoms. The molecule has 1 aliphatic carbocycles. The lowest BCUT2D eigenvalue weighted by atomic mass is 9.93. The van der Waals surface area contributed by atoms with Crippen molar-refractivity contribution in [3.05, 3.63) is 77.5 Å². The van der Waals surface area contributed by atoms with E-state index in [1.165, 1.54) is 5.56 Å². The van der Waals surface area contributed by atoms with Crippen LogP contribution < -0.4 is 5.32 Å². The van der Waals surface area contributed by atoms with Crippen molar-refractivity contribution in [3.8, 4) is 5.82 Å². The number of nitrogens with one attached hydrogen (secondary N) is 1. The molecule has 1 N–H and O–H groups in total. The van der Waals surface area contributed by atoms with E-state index in [1.54, 1.807) is 12.4 Å². The van der Waals surface area contributed by atoms with Gasteiger partial charge in [0, 0.05) is 30.7 Å². The van der Waals surface area contributed by atoms with Crippen LogP contribution in [0.5, 0.6) is 0 Å². The molecule has 0 saturated heterocycles. The molecule has 0 bridgehead atoms. The van der Waals surface area contributed by atoms with Gasteiger partial charge in [0.05, 0.1) is 5.41 Å². The summed E-state index contributed by atoms with van der Waals surface area (Å²) in [6, 6.07) is 12.2. The van der Waals surface area contributed by atoms with Gasteiger partial charge in [0.15, 0.2) is 0 Å². The largest absolute Gasteiger partial charge is 0.351 e. The Kier molecular flexibility index (Phi) is 4.07. The van der Waals surface area contributed by atoms with E-state index in [-0.39, 0.29) is 11.3 Å². The summed E-state index contributed by atoms with van der Waals surface area (Å²) in [5, 5.41) is 3.13. The molecule has 0 spiro atoms. The Morgan fingerprint density at radius 1 is 1.15 bits per heavy atom. The predicted octanol–water partition coefficient (Wildman–Crippen LogP) is 3.23. The number of carbonyl (C=O) groups is 1. The van der Waals surface area contributed by atoms with Crippen molar-refractivity contribution in [2.45, 2.75) is 38.6 Å². The highest BCUT2D eigenvalue weighted by Crippen LogP contribution is 2.48. The van der Waals surface area contributed by atoms with Crippen LogP contribution in [0.15, 0.2) is 55.0 Å². The number of imidazole rings is 1. The van der Waals surface area contributed by atoms with Crippen LogP contribution in [0.25, 0.3) is 5.82 Å². The number of amides is 1. The normalized spacial score (nSPS) is 14.8. The number of rotatable bonds is 5. The van der Waals surface area contributed by atoms with E-state index >= 15 is 0 Å². The van der Waals surface area contributed by atoms with Crippen LogP contribution in [-0.4, -0.2) is 20.4 Å². The molecule has 1 fully saturated rings. The van der Waals surface area contributed by atoms with E-state index in [0.717, 1.165) is 35.6 Å². The zero-order valence-corrected chi connectivity index (χ0v) is 15.1. The van der Waals surface area contributed by atoms with Gasteiger partial charge in [-0.05, 0) is 38.3 Å². The summed E-state index contributed by atoms with van der Waals surface area (Å²) < 4.78 is 1.94.